The molecule has 1 aliphatic rings. The van der Waals surface area contributed by atoms with E-state index < -0.39 is 0 Å². The summed E-state index contributed by atoms with van der Waals surface area (Å²) in [5.41, 5.74) is 3.47. The fraction of sp³-hybridized carbons (Fsp3) is 0.316. The van der Waals surface area contributed by atoms with Gasteiger partial charge in [0.05, 0.1) is 6.54 Å². The maximum atomic E-state index is 12.1. The van der Waals surface area contributed by atoms with E-state index in [-0.39, 0.29) is 5.91 Å². The fourth-order valence-corrected chi connectivity index (χ4v) is 2.99. The first kappa shape index (κ1) is 15.6. The van der Waals surface area contributed by atoms with E-state index in [1.807, 2.05) is 30.3 Å². The number of amides is 1. The molecule has 0 spiro atoms. The zero-order valence-corrected chi connectivity index (χ0v) is 13.5. The van der Waals surface area contributed by atoms with Crippen LogP contribution in [0.5, 0.6) is 0 Å². The van der Waals surface area contributed by atoms with Gasteiger partial charge in [-0.05, 0) is 30.7 Å². The number of anilines is 2. The van der Waals surface area contributed by atoms with Crippen molar-refractivity contribution in [1.29, 1.82) is 0 Å². The monoisotopic (exact) mass is 309 g/mol. The number of carbonyl (C=O) groups is 1. The van der Waals surface area contributed by atoms with Crippen LogP contribution in [0, 0.1) is 6.92 Å². The first-order valence-electron chi connectivity index (χ1n) is 8.10. The number of hydrogen-bond acceptors (Lipinski definition) is 3. The maximum Gasteiger partial charge on any atom is 0.238 e. The third kappa shape index (κ3) is 4.11. The lowest BCUT2D eigenvalue weighted by Gasteiger charge is -2.36. The summed E-state index contributed by atoms with van der Waals surface area (Å²) in [7, 11) is 0. The first-order chi connectivity index (χ1) is 11.2. The predicted molar refractivity (Wildman–Crippen MR) is 94.9 cm³/mol. The summed E-state index contributed by atoms with van der Waals surface area (Å²) in [5, 5.41) is 2.95. The van der Waals surface area contributed by atoms with Crippen molar-refractivity contribution in [3.05, 3.63) is 60.2 Å². The Bertz CT molecular complexity index is 649. The minimum atomic E-state index is 0.0561. The van der Waals surface area contributed by atoms with E-state index in [2.05, 4.69) is 46.3 Å². The summed E-state index contributed by atoms with van der Waals surface area (Å²) in [6.07, 6.45) is 0. The van der Waals surface area contributed by atoms with Crippen molar-refractivity contribution < 1.29 is 4.79 Å². The Hall–Kier alpha value is -2.33. The predicted octanol–water partition coefficient (Wildman–Crippen LogP) is 2.76. The molecule has 0 saturated carbocycles. The fourth-order valence-electron chi connectivity index (χ4n) is 2.99. The molecule has 4 heteroatoms. The summed E-state index contributed by atoms with van der Waals surface area (Å²) in [5.74, 6) is 0.0561. The highest BCUT2D eigenvalue weighted by Gasteiger charge is 2.19. The third-order valence-corrected chi connectivity index (χ3v) is 4.25. The topological polar surface area (TPSA) is 35.6 Å². The van der Waals surface area contributed by atoms with Crippen molar-refractivity contribution in [2.24, 2.45) is 0 Å². The molecule has 1 saturated heterocycles. The molecule has 23 heavy (non-hydrogen) atoms. The molecule has 1 fully saturated rings. The molecule has 3 rings (SSSR count). The number of benzene rings is 2. The van der Waals surface area contributed by atoms with Crippen molar-refractivity contribution >= 4 is 17.3 Å². The lowest BCUT2D eigenvalue weighted by Crippen LogP contribution is -2.48. The standard InChI is InChI=1S/C19H23N3O/c1-16-7-5-6-10-18(16)22-13-11-21(12-14-22)15-19(23)20-17-8-3-2-4-9-17/h2-10H,11-15H2,1H3,(H,20,23). The Morgan fingerprint density at radius 1 is 0.957 bits per heavy atom. The number of hydrogen-bond donors (Lipinski definition) is 1. The van der Waals surface area contributed by atoms with Crippen LogP contribution >= 0.6 is 0 Å². The van der Waals surface area contributed by atoms with Crippen molar-refractivity contribution in [2.75, 3.05) is 42.9 Å². The molecule has 120 valence electrons. The number of piperazine rings is 1. The van der Waals surface area contributed by atoms with Gasteiger partial charge in [0, 0.05) is 37.6 Å². The van der Waals surface area contributed by atoms with Crippen LogP contribution in [0.1, 0.15) is 5.56 Å². The molecule has 0 aliphatic carbocycles. The highest BCUT2D eigenvalue weighted by molar-refractivity contribution is 5.92. The number of nitrogens with one attached hydrogen (secondary N) is 1. The smallest absolute Gasteiger partial charge is 0.238 e. The number of nitrogens with zero attached hydrogens (tertiary/aromatic N) is 2. The summed E-state index contributed by atoms with van der Waals surface area (Å²) in [6, 6.07) is 18.1. The Morgan fingerprint density at radius 3 is 2.30 bits per heavy atom. The quantitative estimate of drug-likeness (QED) is 0.943. The molecule has 0 bridgehead atoms. The largest absolute Gasteiger partial charge is 0.369 e. The molecule has 1 heterocycles. The van der Waals surface area contributed by atoms with Crippen molar-refractivity contribution in [3.63, 3.8) is 0 Å². The van der Waals surface area contributed by atoms with E-state index in [1.165, 1.54) is 11.3 Å². The van der Waals surface area contributed by atoms with E-state index in [0.29, 0.717) is 6.54 Å². The van der Waals surface area contributed by atoms with Crippen LogP contribution in [0.4, 0.5) is 11.4 Å². The molecule has 0 aromatic heterocycles. The number of aryl methyl sites for hydroxylation is 1. The second kappa shape index (κ2) is 7.29. The van der Waals surface area contributed by atoms with Gasteiger partial charge in [0.15, 0.2) is 0 Å². The van der Waals surface area contributed by atoms with Gasteiger partial charge in [0.1, 0.15) is 0 Å². The number of para-hydroxylation sites is 2. The van der Waals surface area contributed by atoms with Gasteiger partial charge in [-0.3, -0.25) is 9.69 Å². The lowest BCUT2D eigenvalue weighted by molar-refractivity contribution is -0.117. The number of carbonyl (C=O) groups excluding carboxylic acids is 1. The van der Waals surface area contributed by atoms with Gasteiger partial charge >= 0.3 is 0 Å². The van der Waals surface area contributed by atoms with Gasteiger partial charge in [0.25, 0.3) is 0 Å². The average molecular weight is 309 g/mol. The minimum Gasteiger partial charge on any atom is -0.369 e. The van der Waals surface area contributed by atoms with Gasteiger partial charge in [-0.25, -0.2) is 0 Å². The van der Waals surface area contributed by atoms with Crippen LogP contribution in [0.3, 0.4) is 0 Å². The molecule has 4 nitrogen and oxygen atoms in total. The third-order valence-electron chi connectivity index (χ3n) is 4.25. The second-order valence-corrected chi connectivity index (χ2v) is 5.96. The molecule has 1 N–H and O–H groups in total. The van der Waals surface area contributed by atoms with E-state index in [0.717, 1.165) is 31.9 Å². The lowest BCUT2D eigenvalue weighted by atomic mass is 10.1. The number of rotatable bonds is 4. The molecular formula is C19H23N3O. The molecule has 2 aromatic rings. The normalized spacial score (nSPS) is 15.4. The molecule has 0 radical (unpaired) electrons. The Labute approximate surface area is 137 Å². The molecule has 1 aliphatic heterocycles. The first-order valence-corrected chi connectivity index (χ1v) is 8.10. The molecule has 0 unspecified atom stereocenters. The zero-order valence-electron chi connectivity index (χ0n) is 13.5. The summed E-state index contributed by atoms with van der Waals surface area (Å²) >= 11 is 0. The SMILES string of the molecule is Cc1ccccc1N1CCN(CC(=O)Nc2ccccc2)CC1. The van der Waals surface area contributed by atoms with E-state index in [9.17, 15) is 4.79 Å². The second-order valence-electron chi connectivity index (χ2n) is 5.96. The van der Waals surface area contributed by atoms with Crippen LogP contribution in [-0.2, 0) is 4.79 Å². The Morgan fingerprint density at radius 2 is 1.61 bits per heavy atom. The maximum absolute atomic E-state index is 12.1. The van der Waals surface area contributed by atoms with Crippen LogP contribution in [0.15, 0.2) is 54.6 Å². The van der Waals surface area contributed by atoms with Crippen molar-refractivity contribution in [1.82, 2.24) is 4.90 Å². The van der Waals surface area contributed by atoms with Crippen LogP contribution in [-0.4, -0.2) is 43.5 Å². The van der Waals surface area contributed by atoms with Gasteiger partial charge < -0.3 is 10.2 Å². The van der Waals surface area contributed by atoms with Gasteiger partial charge in [0.2, 0.25) is 5.91 Å². The summed E-state index contributed by atoms with van der Waals surface area (Å²) < 4.78 is 0. The summed E-state index contributed by atoms with van der Waals surface area (Å²) in [6.45, 7) is 6.35. The van der Waals surface area contributed by atoms with Crippen molar-refractivity contribution in [3.8, 4) is 0 Å². The Balaban J connectivity index is 1.49. The van der Waals surface area contributed by atoms with Crippen molar-refractivity contribution in [2.45, 2.75) is 6.92 Å². The van der Waals surface area contributed by atoms with E-state index in [4.69, 9.17) is 0 Å². The average Bonchev–Trinajstić information content (AvgIpc) is 2.57. The van der Waals surface area contributed by atoms with Gasteiger partial charge in [-0.15, -0.1) is 0 Å². The molecular weight excluding hydrogens is 286 g/mol. The van der Waals surface area contributed by atoms with Crippen LogP contribution in [0.25, 0.3) is 0 Å². The highest BCUT2D eigenvalue weighted by atomic mass is 16.2. The van der Waals surface area contributed by atoms with Crippen LogP contribution in [0.2, 0.25) is 0 Å². The van der Waals surface area contributed by atoms with Gasteiger partial charge in [-0.2, -0.15) is 0 Å². The van der Waals surface area contributed by atoms with Crippen LogP contribution < -0.4 is 10.2 Å². The molecule has 1 amide bonds. The van der Waals surface area contributed by atoms with E-state index in [1.54, 1.807) is 0 Å². The van der Waals surface area contributed by atoms with Gasteiger partial charge in [-0.1, -0.05) is 36.4 Å². The minimum absolute atomic E-state index is 0.0561. The molecule has 0 atom stereocenters. The Kier molecular flexibility index (Phi) is 4.93. The van der Waals surface area contributed by atoms with E-state index >= 15 is 0 Å². The summed E-state index contributed by atoms with van der Waals surface area (Å²) in [4.78, 5) is 16.7. The highest BCUT2D eigenvalue weighted by Crippen LogP contribution is 2.20. The zero-order chi connectivity index (χ0) is 16.1. The molecule has 2 aromatic carbocycles.